The fraction of sp³-hybridized carbons (Fsp3) is 0.488. The molecular formula is C41H44F7N3O4. The van der Waals surface area contributed by atoms with Crippen molar-refractivity contribution in [3.8, 4) is 23.0 Å². The minimum absolute atomic E-state index is 0.0754. The zero-order valence-corrected chi connectivity index (χ0v) is 31.2. The fourth-order valence-corrected chi connectivity index (χ4v) is 7.66. The van der Waals surface area contributed by atoms with E-state index in [4.69, 9.17) is 0 Å². The topological polar surface area (TPSA) is 91.6 Å². The van der Waals surface area contributed by atoms with Gasteiger partial charge in [0.1, 0.15) is 17.7 Å². The number of pyridine rings is 1. The lowest BCUT2D eigenvalue weighted by Crippen LogP contribution is -2.41. The number of carboxylic acid groups (broad SMARTS) is 1. The van der Waals surface area contributed by atoms with Crippen LogP contribution in [0.4, 0.5) is 30.7 Å². The predicted molar refractivity (Wildman–Crippen MR) is 193 cm³/mol. The first-order chi connectivity index (χ1) is 25.7. The highest BCUT2D eigenvalue weighted by atomic mass is 19.4. The monoisotopic (exact) mass is 775 g/mol. The smallest absolute Gasteiger partial charge is 0.416 e. The molecule has 1 aliphatic carbocycles. The number of hydrogen-bond acceptors (Lipinski definition) is 4. The number of carboxylic acids is 1. The zero-order chi connectivity index (χ0) is 40.6. The van der Waals surface area contributed by atoms with Gasteiger partial charge >= 0.3 is 12.1 Å². The molecule has 296 valence electrons. The second-order valence-corrected chi connectivity index (χ2v) is 15.1. The Morgan fingerprint density at radius 3 is 2.20 bits per heavy atom. The van der Waals surface area contributed by atoms with Crippen LogP contribution in [-0.4, -0.2) is 52.0 Å². The third-order valence-electron chi connectivity index (χ3n) is 10.5. The van der Waals surface area contributed by atoms with E-state index in [0.717, 1.165) is 10.8 Å². The van der Waals surface area contributed by atoms with Crippen LogP contribution >= 0.6 is 0 Å². The number of halogens is 7. The Hall–Kier alpha value is -4.64. The third kappa shape index (κ3) is 9.26. The van der Waals surface area contributed by atoms with Crippen molar-refractivity contribution in [1.29, 1.82) is 0 Å². The van der Waals surface area contributed by atoms with Gasteiger partial charge in [0.2, 0.25) is 5.91 Å². The van der Waals surface area contributed by atoms with Crippen LogP contribution in [0.1, 0.15) is 104 Å². The summed E-state index contributed by atoms with van der Waals surface area (Å²) in [6.45, 7) is 8.91. The molecular weight excluding hydrogens is 731 g/mol. The SMILES string of the molecule is CC#Cc1cc(-c2c(C)cccc2C)c(F)c([C@H](CC(=O)O)NC(=O)[C@@H](CC(C)C)n2cc(C3CCN(C[C@H]4CC4(F)F)CC3)c(C(F)(F)F)cc2=O)c1F. The summed E-state index contributed by atoms with van der Waals surface area (Å²) in [5.41, 5.74) is -1.99. The van der Waals surface area contributed by atoms with Gasteiger partial charge in [0.25, 0.3) is 11.5 Å². The molecule has 1 saturated heterocycles. The maximum atomic E-state index is 16.7. The number of nitrogens with one attached hydrogen (secondary N) is 1. The molecule has 2 aromatic carbocycles. The molecule has 7 nitrogen and oxygen atoms in total. The summed E-state index contributed by atoms with van der Waals surface area (Å²) in [6.07, 6.45) is -4.90. The molecule has 3 aromatic rings. The average molecular weight is 776 g/mol. The lowest BCUT2D eigenvalue weighted by molar-refractivity contribution is -0.139. The van der Waals surface area contributed by atoms with Crippen molar-refractivity contribution in [1.82, 2.24) is 14.8 Å². The summed E-state index contributed by atoms with van der Waals surface area (Å²) in [7, 11) is 0. The van der Waals surface area contributed by atoms with Gasteiger partial charge in [0, 0.05) is 42.3 Å². The Bertz CT molecular complexity index is 2050. The van der Waals surface area contributed by atoms with Crippen LogP contribution in [0, 0.1) is 49.2 Å². The Labute approximate surface area is 314 Å². The zero-order valence-electron chi connectivity index (χ0n) is 31.2. The van der Waals surface area contributed by atoms with Gasteiger partial charge in [-0.2, -0.15) is 13.2 Å². The number of carbonyl (C=O) groups excluding carboxylic acids is 1. The van der Waals surface area contributed by atoms with Gasteiger partial charge in [0.15, 0.2) is 0 Å². The molecule has 1 amide bonds. The van der Waals surface area contributed by atoms with Crippen LogP contribution < -0.4 is 10.9 Å². The number of likely N-dealkylation sites (tertiary alicyclic amines) is 1. The Balaban J connectivity index is 1.56. The number of alkyl halides is 5. The van der Waals surface area contributed by atoms with E-state index in [9.17, 15) is 41.4 Å². The van der Waals surface area contributed by atoms with Crippen molar-refractivity contribution in [2.24, 2.45) is 11.8 Å². The second kappa shape index (κ2) is 16.2. The van der Waals surface area contributed by atoms with Crippen molar-refractivity contribution < 1.29 is 45.4 Å². The number of nitrogens with zero attached hydrogens (tertiary/aromatic N) is 2. The van der Waals surface area contributed by atoms with Crippen LogP contribution in [0.25, 0.3) is 11.1 Å². The number of benzene rings is 2. The highest BCUT2D eigenvalue weighted by molar-refractivity contribution is 5.82. The minimum Gasteiger partial charge on any atom is -0.481 e. The number of rotatable bonds is 12. The molecule has 0 radical (unpaired) electrons. The first-order valence-electron chi connectivity index (χ1n) is 18.2. The summed E-state index contributed by atoms with van der Waals surface area (Å²) in [5.74, 6) is -4.32. The van der Waals surface area contributed by atoms with E-state index < -0.39 is 82.6 Å². The van der Waals surface area contributed by atoms with E-state index in [-0.39, 0.29) is 67.9 Å². The number of aliphatic carboxylic acids is 1. The van der Waals surface area contributed by atoms with E-state index in [0.29, 0.717) is 22.8 Å². The summed E-state index contributed by atoms with van der Waals surface area (Å²) >= 11 is 0. The van der Waals surface area contributed by atoms with E-state index in [2.05, 4.69) is 17.2 Å². The van der Waals surface area contributed by atoms with Gasteiger partial charge < -0.3 is 19.9 Å². The highest BCUT2D eigenvalue weighted by Gasteiger charge is 2.57. The van der Waals surface area contributed by atoms with Crippen LogP contribution in [-0.2, 0) is 15.8 Å². The molecule has 55 heavy (non-hydrogen) atoms. The molecule has 2 heterocycles. The van der Waals surface area contributed by atoms with E-state index in [1.165, 1.54) is 13.0 Å². The lowest BCUT2D eigenvalue weighted by atomic mass is 9.87. The predicted octanol–water partition coefficient (Wildman–Crippen LogP) is 8.55. The Morgan fingerprint density at radius 1 is 1.05 bits per heavy atom. The molecule has 1 aliphatic heterocycles. The molecule has 0 unspecified atom stereocenters. The Kier molecular flexibility index (Phi) is 12.2. The van der Waals surface area contributed by atoms with Crippen molar-refractivity contribution in [2.45, 2.75) is 96.8 Å². The van der Waals surface area contributed by atoms with E-state index >= 15 is 8.78 Å². The van der Waals surface area contributed by atoms with Crippen molar-refractivity contribution in [3.63, 3.8) is 0 Å². The number of carbonyl (C=O) groups is 2. The number of hydrogen-bond donors (Lipinski definition) is 2. The molecule has 2 N–H and O–H groups in total. The molecule has 0 bridgehead atoms. The van der Waals surface area contributed by atoms with Gasteiger partial charge in [-0.3, -0.25) is 14.4 Å². The van der Waals surface area contributed by atoms with Crippen LogP contribution in [0.15, 0.2) is 41.3 Å². The number of aryl methyl sites for hydroxylation is 2. The number of piperidine rings is 1. The van der Waals surface area contributed by atoms with Crippen molar-refractivity contribution >= 4 is 11.9 Å². The molecule has 14 heteroatoms. The van der Waals surface area contributed by atoms with Gasteiger partial charge in [0.05, 0.1) is 23.6 Å². The van der Waals surface area contributed by atoms with E-state index in [1.807, 2.05) is 0 Å². The highest BCUT2D eigenvalue weighted by Crippen LogP contribution is 2.49. The summed E-state index contributed by atoms with van der Waals surface area (Å²) in [5, 5.41) is 12.3. The average Bonchev–Trinajstić information content (AvgIpc) is 3.69. The molecule has 1 aromatic heterocycles. The van der Waals surface area contributed by atoms with Crippen LogP contribution in [0.2, 0.25) is 0 Å². The number of aromatic nitrogens is 1. The molecule has 2 aliphatic rings. The molecule has 2 fully saturated rings. The maximum Gasteiger partial charge on any atom is 0.416 e. The summed E-state index contributed by atoms with van der Waals surface area (Å²) in [6, 6.07) is 3.50. The normalized spacial score (nSPS) is 18.4. The largest absolute Gasteiger partial charge is 0.481 e. The summed E-state index contributed by atoms with van der Waals surface area (Å²) < 4.78 is 104. The van der Waals surface area contributed by atoms with E-state index in [1.54, 1.807) is 50.8 Å². The fourth-order valence-electron chi connectivity index (χ4n) is 7.66. The number of amides is 1. The molecule has 3 atom stereocenters. The van der Waals surface area contributed by atoms with Gasteiger partial charge in [-0.15, -0.1) is 5.92 Å². The third-order valence-corrected chi connectivity index (χ3v) is 10.5. The maximum absolute atomic E-state index is 16.7. The first-order valence-corrected chi connectivity index (χ1v) is 18.2. The van der Waals surface area contributed by atoms with Gasteiger partial charge in [-0.05, 0) is 93.3 Å². The summed E-state index contributed by atoms with van der Waals surface area (Å²) in [4.78, 5) is 41.7. The molecule has 1 saturated carbocycles. The Morgan fingerprint density at radius 2 is 1.67 bits per heavy atom. The standard InChI is InChI=1S/C41H44F7N3O4/c1-6-8-26-16-28(35-23(4)9-7-10-24(35)5)38(43)36(37(26)42)31(18-34(53)54)49-39(55)32(15-22(2)3)51-21-29(30(17-33(51)52)41(46,47)48)25-11-13-50(14-12-25)20-27-19-40(27,44)45/h7,9-10,16-17,21-22,25,27,31-32H,11-15,18-20H2,1-5H3,(H,49,55)(H,53,54)/t27-,31+,32-/m1/s1. The quantitative estimate of drug-likeness (QED) is 0.142. The van der Waals surface area contributed by atoms with Gasteiger partial charge in [-0.25, -0.2) is 17.6 Å². The first kappa shape index (κ1) is 41.5. The van der Waals surface area contributed by atoms with Crippen molar-refractivity contribution in [3.05, 3.63) is 91.9 Å². The van der Waals surface area contributed by atoms with Crippen molar-refractivity contribution in [2.75, 3.05) is 19.6 Å². The van der Waals surface area contributed by atoms with Crippen LogP contribution in [0.3, 0.4) is 0 Å². The second-order valence-electron chi connectivity index (χ2n) is 15.1. The van der Waals surface area contributed by atoms with Gasteiger partial charge in [-0.1, -0.05) is 38.0 Å². The lowest BCUT2D eigenvalue weighted by Gasteiger charge is -2.34. The molecule has 0 spiro atoms. The van der Waals surface area contributed by atoms with Crippen LogP contribution in [0.5, 0.6) is 0 Å². The molecule has 5 rings (SSSR count). The minimum atomic E-state index is -4.93.